The second-order valence-corrected chi connectivity index (χ2v) is 9.11. The Morgan fingerprint density at radius 2 is 1.84 bits per heavy atom. The van der Waals surface area contributed by atoms with E-state index in [0.717, 1.165) is 4.31 Å². The van der Waals surface area contributed by atoms with Crippen LogP contribution in [0, 0.1) is 10.1 Å². The summed E-state index contributed by atoms with van der Waals surface area (Å²) in [5.74, 6) is -0.482. The van der Waals surface area contributed by atoms with Crippen molar-refractivity contribution in [3.63, 3.8) is 0 Å². The van der Waals surface area contributed by atoms with Gasteiger partial charge in [0.25, 0.3) is 11.6 Å². The van der Waals surface area contributed by atoms with Gasteiger partial charge in [-0.05, 0) is 36.8 Å². The van der Waals surface area contributed by atoms with E-state index in [4.69, 9.17) is 4.74 Å². The van der Waals surface area contributed by atoms with Crippen LogP contribution in [0.25, 0.3) is 0 Å². The molecular formula is C20H26N4O6S. The molecule has 1 amide bonds. The number of hydrogen-bond donors (Lipinski definition) is 2. The number of carbonyl (C=O) groups is 1. The first kappa shape index (κ1) is 24.3. The van der Waals surface area contributed by atoms with Crippen molar-refractivity contribution < 1.29 is 22.9 Å². The van der Waals surface area contributed by atoms with Crippen molar-refractivity contribution in [2.75, 3.05) is 39.7 Å². The minimum absolute atomic E-state index is 0.141. The summed E-state index contributed by atoms with van der Waals surface area (Å²) in [5.41, 5.74) is 0.917. The van der Waals surface area contributed by atoms with Crippen molar-refractivity contribution in [3.8, 4) is 0 Å². The number of nitrogens with one attached hydrogen (secondary N) is 2. The summed E-state index contributed by atoms with van der Waals surface area (Å²) in [5, 5.41) is 17.1. The van der Waals surface area contributed by atoms with Crippen LogP contribution in [-0.4, -0.2) is 57.9 Å². The van der Waals surface area contributed by atoms with E-state index in [1.807, 2.05) is 0 Å². The highest BCUT2D eigenvalue weighted by Gasteiger charge is 2.20. The minimum Gasteiger partial charge on any atom is -0.383 e. The number of sulfonamides is 1. The van der Waals surface area contributed by atoms with Crippen LogP contribution in [0.1, 0.15) is 28.9 Å². The lowest BCUT2D eigenvalue weighted by Gasteiger charge is -2.16. The van der Waals surface area contributed by atoms with Gasteiger partial charge in [0.15, 0.2) is 0 Å². The van der Waals surface area contributed by atoms with E-state index in [0.29, 0.717) is 24.4 Å². The lowest BCUT2D eigenvalue weighted by molar-refractivity contribution is -0.384. The van der Waals surface area contributed by atoms with Crippen LogP contribution < -0.4 is 10.6 Å². The van der Waals surface area contributed by atoms with Crippen molar-refractivity contribution in [2.24, 2.45) is 0 Å². The molecule has 11 heteroatoms. The first-order valence-corrected chi connectivity index (χ1v) is 10.9. The lowest BCUT2D eigenvalue weighted by atomic mass is 10.1. The van der Waals surface area contributed by atoms with Crippen LogP contribution in [0.5, 0.6) is 0 Å². The molecule has 0 saturated carbocycles. The Morgan fingerprint density at radius 3 is 2.39 bits per heavy atom. The smallest absolute Gasteiger partial charge is 0.293 e. The highest BCUT2D eigenvalue weighted by molar-refractivity contribution is 7.89. The van der Waals surface area contributed by atoms with Gasteiger partial charge in [-0.3, -0.25) is 14.9 Å². The molecule has 0 heterocycles. The molecule has 1 unspecified atom stereocenters. The zero-order chi connectivity index (χ0) is 23.2. The van der Waals surface area contributed by atoms with E-state index in [2.05, 4.69) is 10.6 Å². The molecule has 0 aliphatic rings. The fraction of sp³-hybridized carbons (Fsp3) is 0.350. The Kier molecular flexibility index (Phi) is 8.08. The predicted molar refractivity (Wildman–Crippen MR) is 117 cm³/mol. The van der Waals surface area contributed by atoms with Crippen molar-refractivity contribution in [1.82, 2.24) is 9.62 Å². The number of benzene rings is 2. The van der Waals surface area contributed by atoms with Gasteiger partial charge >= 0.3 is 0 Å². The highest BCUT2D eigenvalue weighted by atomic mass is 32.2. The number of nitro groups is 1. The summed E-state index contributed by atoms with van der Waals surface area (Å²) in [4.78, 5) is 23.6. The number of rotatable bonds is 10. The van der Waals surface area contributed by atoms with Crippen LogP contribution in [0.4, 0.5) is 11.4 Å². The van der Waals surface area contributed by atoms with Crippen LogP contribution in [0.2, 0.25) is 0 Å². The Balaban J connectivity index is 2.15. The third kappa shape index (κ3) is 6.00. The van der Waals surface area contributed by atoms with Gasteiger partial charge < -0.3 is 15.4 Å². The molecule has 0 fully saturated rings. The average molecular weight is 451 g/mol. The SMILES string of the molecule is COCCNc1ccc(C(=O)NC(C)c2ccc(S(=O)(=O)N(C)C)cc2)cc1[N+](=O)[O-]. The number of methoxy groups -OCH3 is 1. The first-order valence-electron chi connectivity index (χ1n) is 9.42. The molecule has 0 radical (unpaired) electrons. The highest BCUT2D eigenvalue weighted by Crippen LogP contribution is 2.26. The minimum atomic E-state index is -3.54. The third-order valence-electron chi connectivity index (χ3n) is 4.58. The van der Waals surface area contributed by atoms with Gasteiger partial charge in [-0.25, -0.2) is 12.7 Å². The van der Waals surface area contributed by atoms with Crippen molar-refractivity contribution in [1.29, 1.82) is 0 Å². The molecule has 0 aliphatic heterocycles. The molecule has 31 heavy (non-hydrogen) atoms. The second kappa shape index (κ2) is 10.3. The molecule has 0 aliphatic carbocycles. The van der Waals surface area contributed by atoms with Gasteiger partial charge in [0.2, 0.25) is 10.0 Å². The van der Waals surface area contributed by atoms with Gasteiger partial charge in [0, 0.05) is 39.4 Å². The van der Waals surface area contributed by atoms with Gasteiger partial charge in [0.1, 0.15) is 5.69 Å². The number of anilines is 1. The summed E-state index contributed by atoms with van der Waals surface area (Å²) < 4.78 is 30.4. The first-order chi connectivity index (χ1) is 14.6. The van der Waals surface area contributed by atoms with Gasteiger partial charge in [-0.1, -0.05) is 12.1 Å². The average Bonchev–Trinajstić information content (AvgIpc) is 2.73. The van der Waals surface area contributed by atoms with E-state index < -0.39 is 26.9 Å². The number of ether oxygens (including phenoxy) is 1. The van der Waals surface area contributed by atoms with Crippen LogP contribution in [-0.2, 0) is 14.8 Å². The predicted octanol–water partition coefficient (Wildman–Crippen LogP) is 2.39. The zero-order valence-corrected chi connectivity index (χ0v) is 18.6. The number of hydrogen-bond acceptors (Lipinski definition) is 7. The van der Waals surface area contributed by atoms with Crippen LogP contribution in [0.15, 0.2) is 47.4 Å². The van der Waals surface area contributed by atoms with Gasteiger partial charge in [0.05, 0.1) is 22.5 Å². The summed E-state index contributed by atoms with van der Waals surface area (Å²) in [6.45, 7) is 2.51. The topological polar surface area (TPSA) is 131 Å². The van der Waals surface area contributed by atoms with Crippen molar-refractivity contribution in [2.45, 2.75) is 17.9 Å². The molecular weight excluding hydrogens is 424 g/mol. The molecule has 0 bridgehead atoms. The molecule has 0 saturated heterocycles. The van der Waals surface area contributed by atoms with Crippen LogP contribution >= 0.6 is 0 Å². The Hall–Kier alpha value is -3.02. The van der Waals surface area contributed by atoms with E-state index in [1.54, 1.807) is 19.1 Å². The Morgan fingerprint density at radius 1 is 1.19 bits per heavy atom. The van der Waals surface area contributed by atoms with E-state index in [1.165, 1.54) is 51.5 Å². The maximum absolute atomic E-state index is 12.6. The maximum Gasteiger partial charge on any atom is 0.293 e. The molecule has 2 N–H and O–H groups in total. The largest absolute Gasteiger partial charge is 0.383 e. The van der Waals surface area contributed by atoms with Gasteiger partial charge in [-0.15, -0.1) is 0 Å². The second-order valence-electron chi connectivity index (χ2n) is 6.96. The van der Waals surface area contributed by atoms with E-state index in [9.17, 15) is 23.3 Å². The van der Waals surface area contributed by atoms with Crippen molar-refractivity contribution >= 4 is 27.3 Å². The molecule has 10 nitrogen and oxygen atoms in total. The summed E-state index contributed by atoms with van der Waals surface area (Å²) >= 11 is 0. The molecule has 0 aromatic heterocycles. The molecule has 168 valence electrons. The van der Waals surface area contributed by atoms with E-state index in [-0.39, 0.29) is 16.1 Å². The number of nitro benzene ring substituents is 1. The standard InChI is InChI=1S/C20H26N4O6S/c1-14(15-5-8-17(9-6-15)31(28,29)23(2)3)22-20(25)16-7-10-18(21-11-12-30-4)19(13-16)24(26)27/h5-10,13-14,21H,11-12H2,1-4H3,(H,22,25). The van der Waals surface area contributed by atoms with Crippen molar-refractivity contribution in [3.05, 3.63) is 63.7 Å². The molecule has 2 rings (SSSR count). The summed E-state index contributed by atoms with van der Waals surface area (Å²) in [6.07, 6.45) is 0. The molecule has 1 atom stereocenters. The Labute approximate surface area is 181 Å². The fourth-order valence-electron chi connectivity index (χ4n) is 2.76. The number of nitrogens with zero attached hydrogens (tertiary/aromatic N) is 2. The normalized spacial score (nSPS) is 12.4. The van der Waals surface area contributed by atoms with Gasteiger partial charge in [-0.2, -0.15) is 0 Å². The Bertz CT molecular complexity index is 1040. The summed E-state index contributed by atoms with van der Waals surface area (Å²) in [6, 6.07) is 9.92. The quantitative estimate of drug-likeness (QED) is 0.323. The molecule has 2 aromatic carbocycles. The third-order valence-corrected chi connectivity index (χ3v) is 6.41. The molecule has 0 spiro atoms. The summed E-state index contributed by atoms with van der Waals surface area (Å²) in [7, 11) is 0.881. The fourth-order valence-corrected chi connectivity index (χ4v) is 3.67. The number of amides is 1. The van der Waals surface area contributed by atoms with Crippen LogP contribution in [0.3, 0.4) is 0 Å². The lowest BCUT2D eigenvalue weighted by Crippen LogP contribution is -2.27. The maximum atomic E-state index is 12.6. The monoisotopic (exact) mass is 450 g/mol. The van der Waals surface area contributed by atoms with E-state index >= 15 is 0 Å². The molecule has 2 aromatic rings. The number of carbonyl (C=O) groups excluding carboxylic acids is 1. The zero-order valence-electron chi connectivity index (χ0n) is 17.8.